The summed E-state index contributed by atoms with van der Waals surface area (Å²) in [6.45, 7) is 7.21. The van der Waals surface area contributed by atoms with Crippen LogP contribution in [0.2, 0.25) is 0 Å². The van der Waals surface area contributed by atoms with E-state index in [1.165, 1.54) is 212 Å². The first-order valence-corrected chi connectivity index (χ1v) is 42.1. The van der Waals surface area contributed by atoms with Crippen molar-refractivity contribution in [1.82, 2.24) is 0 Å². The minimum atomic E-state index is -4.96. The third-order valence-electron chi connectivity index (χ3n) is 17.5. The number of phosphoric acid groups is 2. The molecule has 19 heteroatoms. The maximum Gasteiger partial charge on any atom is 0.472 e. The number of unbranched alkanes of at least 4 members (excludes halogenated alkanes) is 47. The van der Waals surface area contributed by atoms with Crippen molar-refractivity contribution in [1.29, 1.82) is 0 Å². The van der Waals surface area contributed by atoms with E-state index in [2.05, 4.69) is 34.6 Å². The number of esters is 4. The van der Waals surface area contributed by atoms with E-state index in [4.69, 9.17) is 37.0 Å². The summed E-state index contributed by atoms with van der Waals surface area (Å²) >= 11 is 0. The van der Waals surface area contributed by atoms with Gasteiger partial charge in [-0.15, -0.1) is 0 Å². The van der Waals surface area contributed by atoms with Crippen molar-refractivity contribution < 1.29 is 80.2 Å². The summed E-state index contributed by atoms with van der Waals surface area (Å²) < 4.78 is 68.5. The van der Waals surface area contributed by atoms with E-state index >= 15 is 0 Å². The van der Waals surface area contributed by atoms with Gasteiger partial charge in [0.25, 0.3) is 0 Å². The molecule has 0 fully saturated rings. The number of rotatable bonds is 75. The van der Waals surface area contributed by atoms with Gasteiger partial charge in [-0.1, -0.05) is 343 Å². The number of hydrogen-bond donors (Lipinski definition) is 3. The second-order valence-electron chi connectivity index (χ2n) is 27.5. The van der Waals surface area contributed by atoms with Gasteiger partial charge in [0.05, 0.1) is 26.4 Å². The Balaban J connectivity index is 5.21. The maximum absolute atomic E-state index is 13.1. The Morgan fingerprint density at radius 2 is 0.489 bits per heavy atom. The van der Waals surface area contributed by atoms with Gasteiger partial charge in [0, 0.05) is 25.7 Å². The molecule has 0 aromatic heterocycles. The van der Waals surface area contributed by atoms with Crippen LogP contribution in [0.25, 0.3) is 0 Å². The van der Waals surface area contributed by atoms with Gasteiger partial charge in [-0.2, -0.15) is 0 Å². The van der Waals surface area contributed by atoms with Crippen LogP contribution in [0.15, 0.2) is 0 Å². The number of carbonyl (C=O) groups excluding carboxylic acids is 4. The molecule has 0 rings (SSSR count). The van der Waals surface area contributed by atoms with E-state index in [1.54, 1.807) is 0 Å². The lowest BCUT2D eigenvalue weighted by atomic mass is 10.0. The normalized spacial score (nSPS) is 14.0. The molecule has 2 unspecified atom stereocenters. The molecule has 3 N–H and O–H groups in total. The fourth-order valence-electron chi connectivity index (χ4n) is 11.5. The number of carbonyl (C=O) groups is 4. The summed E-state index contributed by atoms with van der Waals surface area (Å²) in [7, 11) is -9.91. The average molecular weight is 1380 g/mol. The van der Waals surface area contributed by atoms with E-state index in [0.717, 1.165) is 96.3 Å². The van der Waals surface area contributed by atoms with Gasteiger partial charge < -0.3 is 33.8 Å². The van der Waals surface area contributed by atoms with Crippen molar-refractivity contribution in [2.24, 2.45) is 5.92 Å². The standard InChI is InChI=1S/C75H146O17P2/c1-6-9-12-15-18-21-24-27-28-29-30-31-32-35-38-41-44-51-56-61-74(79)91-70(64-85-72(77)58-53-48-42-39-36-33-25-22-19-16-13-10-7-2)66-89-93(81,82)87-62-69(76)63-88-94(83,84)90-67-71(65-86-73(78)59-54-49-46-45-47-52-57-68(4)5)92-75(80)60-55-50-43-40-37-34-26-23-20-17-14-11-8-3/h68-71,76H,6-67H2,1-5H3,(H,81,82)(H,83,84)/t69-,70-,71-/m1/s1. The van der Waals surface area contributed by atoms with E-state index in [-0.39, 0.29) is 25.7 Å². The molecule has 0 bridgehead atoms. The highest BCUT2D eigenvalue weighted by atomic mass is 31.2. The van der Waals surface area contributed by atoms with Gasteiger partial charge in [-0.05, 0) is 31.6 Å². The summed E-state index contributed by atoms with van der Waals surface area (Å²) in [4.78, 5) is 72.7. The number of aliphatic hydroxyl groups excluding tert-OH is 1. The van der Waals surface area contributed by atoms with E-state index in [0.29, 0.717) is 31.6 Å². The highest BCUT2D eigenvalue weighted by Crippen LogP contribution is 2.45. The molecule has 0 aromatic rings. The number of aliphatic hydroxyl groups is 1. The van der Waals surface area contributed by atoms with Crippen LogP contribution in [-0.4, -0.2) is 96.7 Å². The zero-order valence-electron chi connectivity index (χ0n) is 61.1. The lowest BCUT2D eigenvalue weighted by molar-refractivity contribution is -0.161. The van der Waals surface area contributed by atoms with Crippen LogP contribution in [0.3, 0.4) is 0 Å². The summed E-state index contributed by atoms with van der Waals surface area (Å²) in [5.74, 6) is -1.44. The Morgan fingerprint density at radius 3 is 0.723 bits per heavy atom. The van der Waals surface area contributed by atoms with Crippen LogP contribution in [0.1, 0.15) is 394 Å². The molecule has 0 aromatic carbocycles. The molecule has 0 saturated heterocycles. The number of hydrogen-bond acceptors (Lipinski definition) is 15. The van der Waals surface area contributed by atoms with Crippen LogP contribution in [0, 0.1) is 5.92 Å². The minimum Gasteiger partial charge on any atom is -0.462 e. The van der Waals surface area contributed by atoms with Gasteiger partial charge >= 0.3 is 39.5 Å². The fraction of sp³-hybridized carbons (Fsp3) is 0.947. The Hall–Kier alpha value is -1.94. The second-order valence-corrected chi connectivity index (χ2v) is 30.4. The summed E-state index contributed by atoms with van der Waals surface area (Å²) in [6.07, 6.45) is 57.0. The van der Waals surface area contributed by atoms with Crippen molar-refractivity contribution in [3.8, 4) is 0 Å². The molecule has 0 heterocycles. The van der Waals surface area contributed by atoms with Crippen LogP contribution in [-0.2, 0) is 65.4 Å². The highest BCUT2D eigenvalue weighted by Gasteiger charge is 2.30. The number of phosphoric ester groups is 2. The Labute approximate surface area is 575 Å². The molecule has 0 spiro atoms. The summed E-state index contributed by atoms with van der Waals surface area (Å²) in [5.41, 5.74) is 0. The molecule has 558 valence electrons. The molecule has 0 radical (unpaired) electrons. The summed E-state index contributed by atoms with van der Waals surface area (Å²) in [5, 5.41) is 10.6. The zero-order chi connectivity index (χ0) is 69.1. The lowest BCUT2D eigenvalue weighted by Crippen LogP contribution is -2.30. The third-order valence-corrected chi connectivity index (χ3v) is 19.4. The molecule has 0 aliphatic carbocycles. The molecular weight excluding hydrogens is 1230 g/mol. The molecular formula is C75H146O17P2. The molecule has 0 amide bonds. The van der Waals surface area contributed by atoms with Crippen molar-refractivity contribution >= 4 is 39.5 Å². The van der Waals surface area contributed by atoms with Gasteiger partial charge in [0.1, 0.15) is 19.3 Å². The lowest BCUT2D eigenvalue weighted by Gasteiger charge is -2.21. The van der Waals surface area contributed by atoms with Gasteiger partial charge in [0.2, 0.25) is 0 Å². The van der Waals surface area contributed by atoms with Crippen LogP contribution < -0.4 is 0 Å². The largest absolute Gasteiger partial charge is 0.472 e. The fourth-order valence-corrected chi connectivity index (χ4v) is 13.1. The van der Waals surface area contributed by atoms with Gasteiger partial charge in [-0.25, -0.2) is 9.13 Å². The third kappa shape index (κ3) is 68.6. The van der Waals surface area contributed by atoms with E-state index in [9.17, 15) is 43.2 Å². The first kappa shape index (κ1) is 92.1. The summed E-state index contributed by atoms with van der Waals surface area (Å²) in [6, 6.07) is 0. The Kier molecular flexibility index (Phi) is 66.8. The first-order valence-electron chi connectivity index (χ1n) is 39.1. The Bertz CT molecular complexity index is 1810. The molecule has 17 nitrogen and oxygen atoms in total. The quantitative estimate of drug-likeness (QED) is 0.0222. The van der Waals surface area contributed by atoms with E-state index < -0.39 is 97.5 Å². The predicted octanol–water partition coefficient (Wildman–Crippen LogP) is 22.1. The molecule has 5 atom stereocenters. The topological polar surface area (TPSA) is 237 Å². The average Bonchev–Trinajstić information content (AvgIpc) is 1.23. The number of ether oxygens (including phenoxy) is 4. The highest BCUT2D eigenvalue weighted by molar-refractivity contribution is 7.47. The predicted molar refractivity (Wildman–Crippen MR) is 382 cm³/mol. The van der Waals surface area contributed by atoms with Crippen LogP contribution in [0.5, 0.6) is 0 Å². The van der Waals surface area contributed by atoms with Crippen molar-refractivity contribution in [3.63, 3.8) is 0 Å². The van der Waals surface area contributed by atoms with Gasteiger partial charge in [-0.3, -0.25) is 37.3 Å². The van der Waals surface area contributed by atoms with E-state index in [1.807, 2.05) is 0 Å². The second kappa shape index (κ2) is 68.2. The molecule has 0 aliphatic rings. The molecule has 0 saturated carbocycles. The molecule has 0 aliphatic heterocycles. The monoisotopic (exact) mass is 1380 g/mol. The maximum atomic E-state index is 13.1. The minimum absolute atomic E-state index is 0.107. The van der Waals surface area contributed by atoms with Gasteiger partial charge in [0.15, 0.2) is 12.2 Å². The zero-order valence-corrected chi connectivity index (χ0v) is 62.9. The van der Waals surface area contributed by atoms with Crippen molar-refractivity contribution in [2.75, 3.05) is 39.6 Å². The van der Waals surface area contributed by atoms with Crippen LogP contribution >= 0.6 is 15.6 Å². The SMILES string of the molecule is CCCCCCCCCCCCCCCCCCCCCC(=O)O[C@H](COC(=O)CCCCCCCCCCCCCCC)COP(=O)(O)OC[C@@H](O)COP(=O)(O)OC[C@@H](COC(=O)CCCCCCCCC(C)C)OC(=O)CCCCCCCCCCCCCCC. The van der Waals surface area contributed by atoms with Crippen molar-refractivity contribution in [2.45, 2.75) is 412 Å². The van der Waals surface area contributed by atoms with Crippen molar-refractivity contribution in [3.05, 3.63) is 0 Å². The molecule has 94 heavy (non-hydrogen) atoms. The first-order chi connectivity index (χ1) is 45.5. The van der Waals surface area contributed by atoms with Crippen LogP contribution in [0.4, 0.5) is 0 Å². The Morgan fingerprint density at radius 1 is 0.287 bits per heavy atom. The smallest absolute Gasteiger partial charge is 0.462 e.